The maximum absolute atomic E-state index is 13.5. The van der Waals surface area contributed by atoms with Gasteiger partial charge >= 0.3 is 0 Å². The molecule has 0 aliphatic carbocycles. The first-order valence-electron chi connectivity index (χ1n) is 9.61. The van der Waals surface area contributed by atoms with E-state index in [2.05, 4.69) is 9.97 Å². The van der Waals surface area contributed by atoms with Crippen molar-refractivity contribution in [2.75, 3.05) is 13.1 Å². The first-order valence-corrected chi connectivity index (χ1v) is 11.2. The molecule has 29 heavy (non-hydrogen) atoms. The van der Waals surface area contributed by atoms with Gasteiger partial charge < -0.3 is 0 Å². The third kappa shape index (κ3) is 4.68. The molecule has 150 valence electrons. The van der Waals surface area contributed by atoms with Crippen molar-refractivity contribution in [1.82, 2.24) is 14.3 Å². The molecule has 1 aromatic heterocycles. The Bertz CT molecular complexity index is 1080. The lowest BCUT2D eigenvalue weighted by atomic mass is 9.95. The molecule has 1 fully saturated rings. The molecule has 2 heterocycles. The Hall–Kier alpha value is -2.64. The summed E-state index contributed by atoms with van der Waals surface area (Å²) in [5, 5.41) is 0. The van der Waals surface area contributed by atoms with Crippen LogP contribution in [0.3, 0.4) is 0 Å². The van der Waals surface area contributed by atoms with Crippen LogP contribution in [0, 0.1) is 5.82 Å². The summed E-state index contributed by atoms with van der Waals surface area (Å²) in [7, 11) is -3.34. The van der Waals surface area contributed by atoms with Gasteiger partial charge in [0.1, 0.15) is 5.82 Å². The average molecular weight is 412 g/mol. The maximum atomic E-state index is 13.5. The van der Waals surface area contributed by atoms with Crippen LogP contribution in [-0.2, 0) is 15.8 Å². The molecule has 0 bridgehead atoms. The second kappa shape index (κ2) is 8.39. The predicted octanol–water partition coefficient (Wildman–Crippen LogP) is 3.99. The zero-order valence-electron chi connectivity index (χ0n) is 15.9. The van der Waals surface area contributed by atoms with Gasteiger partial charge in [0.05, 0.1) is 23.3 Å². The van der Waals surface area contributed by atoms with Gasteiger partial charge in [-0.1, -0.05) is 42.5 Å². The fourth-order valence-electron chi connectivity index (χ4n) is 3.67. The molecule has 0 N–H and O–H groups in total. The lowest BCUT2D eigenvalue weighted by Gasteiger charge is -2.31. The number of sulfonamides is 1. The number of hydrogen-bond donors (Lipinski definition) is 0. The topological polar surface area (TPSA) is 63.2 Å². The van der Waals surface area contributed by atoms with E-state index in [9.17, 15) is 12.8 Å². The quantitative estimate of drug-likeness (QED) is 0.637. The minimum Gasteiger partial charge on any atom is -0.261 e. The van der Waals surface area contributed by atoms with Gasteiger partial charge in [-0.15, -0.1) is 0 Å². The summed E-state index contributed by atoms with van der Waals surface area (Å²) < 4.78 is 40.5. The van der Waals surface area contributed by atoms with Crippen LogP contribution in [0.2, 0.25) is 0 Å². The summed E-state index contributed by atoms with van der Waals surface area (Å²) in [5.41, 5.74) is 2.93. The number of rotatable bonds is 5. The highest BCUT2D eigenvalue weighted by molar-refractivity contribution is 7.88. The second-order valence-corrected chi connectivity index (χ2v) is 9.22. The molecule has 1 saturated heterocycles. The minimum absolute atomic E-state index is 0.0212. The van der Waals surface area contributed by atoms with E-state index >= 15 is 0 Å². The van der Waals surface area contributed by atoms with E-state index in [-0.39, 0.29) is 17.5 Å². The Morgan fingerprint density at radius 2 is 1.76 bits per heavy atom. The Labute approximate surface area is 170 Å². The molecule has 0 atom stereocenters. The van der Waals surface area contributed by atoms with Gasteiger partial charge in [-0.05, 0) is 30.5 Å². The summed E-state index contributed by atoms with van der Waals surface area (Å²) in [6.07, 6.45) is 4.73. The van der Waals surface area contributed by atoms with Crippen molar-refractivity contribution in [3.05, 3.63) is 84.1 Å². The van der Waals surface area contributed by atoms with E-state index in [1.165, 1.54) is 12.1 Å². The number of piperidine rings is 1. The Morgan fingerprint density at radius 1 is 1.00 bits per heavy atom. The zero-order valence-corrected chi connectivity index (χ0v) is 16.7. The minimum atomic E-state index is -3.34. The number of hydrogen-bond acceptors (Lipinski definition) is 4. The Kier molecular flexibility index (Phi) is 5.69. The molecule has 5 nitrogen and oxygen atoms in total. The highest BCUT2D eigenvalue weighted by atomic mass is 32.2. The van der Waals surface area contributed by atoms with E-state index in [0.29, 0.717) is 37.2 Å². The molecule has 4 rings (SSSR count). The van der Waals surface area contributed by atoms with E-state index < -0.39 is 10.0 Å². The van der Waals surface area contributed by atoms with Crippen molar-refractivity contribution in [2.24, 2.45) is 0 Å². The van der Waals surface area contributed by atoms with Gasteiger partial charge in [-0.2, -0.15) is 0 Å². The molecule has 0 radical (unpaired) electrons. The maximum Gasteiger partial charge on any atom is 0.218 e. The normalized spacial score (nSPS) is 16.0. The van der Waals surface area contributed by atoms with E-state index in [1.807, 2.05) is 30.3 Å². The molecule has 0 unspecified atom stereocenters. The van der Waals surface area contributed by atoms with Crippen molar-refractivity contribution in [3.8, 4) is 11.3 Å². The monoisotopic (exact) mass is 411 g/mol. The molecular weight excluding hydrogens is 389 g/mol. The van der Waals surface area contributed by atoms with Crippen LogP contribution < -0.4 is 0 Å². The molecular formula is C22H22FN3O2S. The van der Waals surface area contributed by atoms with Crippen molar-refractivity contribution in [3.63, 3.8) is 0 Å². The number of halogens is 1. The average Bonchev–Trinajstić information content (AvgIpc) is 2.74. The van der Waals surface area contributed by atoms with Gasteiger partial charge in [0, 0.05) is 30.8 Å². The Morgan fingerprint density at radius 3 is 2.48 bits per heavy atom. The third-order valence-electron chi connectivity index (χ3n) is 5.23. The van der Waals surface area contributed by atoms with Crippen LogP contribution in [0.1, 0.15) is 30.0 Å². The van der Waals surface area contributed by atoms with Crippen LogP contribution in [0.25, 0.3) is 11.3 Å². The van der Waals surface area contributed by atoms with Crippen LogP contribution in [-0.4, -0.2) is 35.8 Å². The highest BCUT2D eigenvalue weighted by Crippen LogP contribution is 2.29. The van der Waals surface area contributed by atoms with Gasteiger partial charge in [0.15, 0.2) is 0 Å². The molecule has 0 amide bonds. The zero-order chi connectivity index (χ0) is 20.3. The number of benzene rings is 2. The lowest BCUT2D eigenvalue weighted by molar-refractivity contribution is 0.316. The van der Waals surface area contributed by atoms with Gasteiger partial charge in [0.2, 0.25) is 10.0 Å². The van der Waals surface area contributed by atoms with Crippen molar-refractivity contribution >= 4 is 10.0 Å². The van der Waals surface area contributed by atoms with E-state index in [4.69, 9.17) is 0 Å². The lowest BCUT2D eigenvalue weighted by Crippen LogP contribution is -2.38. The van der Waals surface area contributed by atoms with Crippen LogP contribution in [0.5, 0.6) is 0 Å². The van der Waals surface area contributed by atoms with Crippen molar-refractivity contribution in [1.29, 1.82) is 0 Å². The molecule has 0 spiro atoms. The Balaban J connectivity index is 1.44. The summed E-state index contributed by atoms with van der Waals surface area (Å²) in [4.78, 5) is 8.94. The molecule has 1 aliphatic rings. The summed E-state index contributed by atoms with van der Waals surface area (Å²) in [6, 6.07) is 15.5. The second-order valence-electron chi connectivity index (χ2n) is 7.25. The smallest absolute Gasteiger partial charge is 0.218 e. The van der Waals surface area contributed by atoms with Gasteiger partial charge in [-0.3, -0.25) is 4.98 Å². The van der Waals surface area contributed by atoms with Crippen LogP contribution in [0.4, 0.5) is 4.39 Å². The fourth-order valence-corrected chi connectivity index (χ4v) is 5.23. The molecule has 1 aliphatic heterocycles. The van der Waals surface area contributed by atoms with Gasteiger partial charge in [-0.25, -0.2) is 22.1 Å². The highest BCUT2D eigenvalue weighted by Gasteiger charge is 2.29. The van der Waals surface area contributed by atoms with Gasteiger partial charge in [0.25, 0.3) is 0 Å². The molecule has 3 aromatic rings. The SMILES string of the molecule is O=S(=O)(Cc1ccccc1)N1CCC(c2cncc(-c3cccc(F)c3)n2)CC1. The predicted molar refractivity (Wildman–Crippen MR) is 110 cm³/mol. The molecule has 0 saturated carbocycles. The van der Waals surface area contributed by atoms with Crippen molar-refractivity contribution in [2.45, 2.75) is 24.5 Å². The van der Waals surface area contributed by atoms with E-state index in [1.54, 1.807) is 28.8 Å². The third-order valence-corrected chi connectivity index (χ3v) is 7.08. The first kappa shape index (κ1) is 19.7. The van der Waals surface area contributed by atoms with Crippen LogP contribution in [0.15, 0.2) is 67.0 Å². The van der Waals surface area contributed by atoms with Crippen molar-refractivity contribution < 1.29 is 12.8 Å². The number of nitrogens with zero attached hydrogens (tertiary/aromatic N) is 3. The molecule has 7 heteroatoms. The summed E-state index contributed by atoms with van der Waals surface area (Å²) in [5.74, 6) is -0.154. The largest absolute Gasteiger partial charge is 0.261 e. The van der Waals surface area contributed by atoms with Crippen LogP contribution >= 0.6 is 0 Å². The summed E-state index contributed by atoms with van der Waals surface area (Å²) >= 11 is 0. The van der Waals surface area contributed by atoms with E-state index in [0.717, 1.165) is 11.3 Å². The first-order chi connectivity index (χ1) is 14.0. The summed E-state index contributed by atoms with van der Waals surface area (Å²) in [6.45, 7) is 0.928. The molecule has 2 aromatic carbocycles. The standard InChI is InChI=1S/C22H22FN3O2S/c23-20-8-4-7-19(13-20)22-15-24-14-21(25-22)18-9-11-26(12-10-18)29(27,28)16-17-5-2-1-3-6-17/h1-8,13-15,18H,9-12,16H2. The number of aromatic nitrogens is 2. The fraction of sp³-hybridized carbons (Fsp3) is 0.273.